The van der Waals surface area contributed by atoms with Crippen molar-refractivity contribution in [3.05, 3.63) is 0 Å². The average molecular weight is 885 g/mol. The maximum Gasteiger partial charge on any atom is 0.306 e. The van der Waals surface area contributed by atoms with E-state index >= 15 is 0 Å². The molecule has 0 aromatic rings. The fourth-order valence-electron chi connectivity index (χ4n) is 8.55. The van der Waals surface area contributed by atoms with E-state index in [4.69, 9.17) is 18.9 Å². The van der Waals surface area contributed by atoms with E-state index in [9.17, 15) is 30.0 Å². The second kappa shape index (κ2) is 43.6. The van der Waals surface area contributed by atoms with Crippen molar-refractivity contribution in [2.75, 3.05) is 19.8 Å². The summed E-state index contributed by atoms with van der Waals surface area (Å²) < 4.78 is 22.3. The van der Waals surface area contributed by atoms with Gasteiger partial charge in [-0.15, -0.1) is 0 Å². The van der Waals surface area contributed by atoms with E-state index in [0.717, 1.165) is 32.1 Å². The fraction of sp³-hybridized carbons (Fsp3) is 0.962. The van der Waals surface area contributed by atoms with Crippen LogP contribution in [0.2, 0.25) is 0 Å². The maximum atomic E-state index is 12.8. The van der Waals surface area contributed by atoms with E-state index in [2.05, 4.69) is 13.8 Å². The van der Waals surface area contributed by atoms with Crippen LogP contribution in [0.1, 0.15) is 264 Å². The molecule has 0 aliphatic carbocycles. The van der Waals surface area contributed by atoms with E-state index in [1.807, 2.05) is 0 Å². The Balaban J connectivity index is 2.20. The van der Waals surface area contributed by atoms with Crippen LogP contribution in [-0.4, -0.2) is 89.0 Å². The first-order chi connectivity index (χ1) is 30.3. The van der Waals surface area contributed by atoms with Crippen molar-refractivity contribution in [1.82, 2.24) is 0 Å². The molecule has 10 heteroatoms. The van der Waals surface area contributed by atoms with Gasteiger partial charge in [0.05, 0.1) is 13.2 Å². The molecule has 368 valence electrons. The Labute approximate surface area is 380 Å². The van der Waals surface area contributed by atoms with E-state index in [-0.39, 0.29) is 32.0 Å². The second-order valence-electron chi connectivity index (χ2n) is 18.7. The number of unbranched alkanes of at least 4 members (excludes halogenated alkanes) is 35. The first kappa shape index (κ1) is 58.7. The van der Waals surface area contributed by atoms with Gasteiger partial charge in [-0.2, -0.15) is 0 Å². The van der Waals surface area contributed by atoms with Gasteiger partial charge in [0.15, 0.2) is 12.4 Å². The fourth-order valence-corrected chi connectivity index (χ4v) is 8.55. The van der Waals surface area contributed by atoms with Crippen molar-refractivity contribution in [1.29, 1.82) is 0 Å². The lowest BCUT2D eigenvalue weighted by molar-refractivity contribution is -0.305. The predicted octanol–water partition coefficient (Wildman–Crippen LogP) is 12.5. The Morgan fingerprint density at radius 1 is 0.435 bits per heavy atom. The Hall–Kier alpha value is -1.30. The summed E-state index contributed by atoms with van der Waals surface area (Å²) >= 11 is 0. The highest BCUT2D eigenvalue weighted by Gasteiger charge is 2.44. The van der Waals surface area contributed by atoms with Crippen LogP contribution in [0.15, 0.2) is 0 Å². The number of carbonyl (C=O) groups is 2. The zero-order valence-electron chi connectivity index (χ0n) is 40.4. The monoisotopic (exact) mass is 885 g/mol. The molecule has 1 heterocycles. The smallest absolute Gasteiger partial charge is 0.306 e. The van der Waals surface area contributed by atoms with Gasteiger partial charge < -0.3 is 39.4 Å². The lowest BCUT2D eigenvalue weighted by Crippen LogP contribution is -2.59. The molecular weight excluding hydrogens is 785 g/mol. The van der Waals surface area contributed by atoms with Crippen LogP contribution in [-0.2, 0) is 28.5 Å². The van der Waals surface area contributed by atoms with E-state index in [1.165, 1.54) is 199 Å². The molecule has 62 heavy (non-hydrogen) atoms. The van der Waals surface area contributed by atoms with Gasteiger partial charge in [0.25, 0.3) is 0 Å². The van der Waals surface area contributed by atoms with Crippen molar-refractivity contribution < 1.29 is 49.0 Å². The molecule has 4 N–H and O–H groups in total. The number of carbonyl (C=O) groups excluding carboxylic acids is 2. The van der Waals surface area contributed by atoms with Crippen LogP contribution >= 0.6 is 0 Å². The minimum absolute atomic E-state index is 0.208. The highest BCUT2D eigenvalue weighted by atomic mass is 16.7. The number of ether oxygens (including phenoxy) is 4. The van der Waals surface area contributed by atoms with Crippen LogP contribution in [0.3, 0.4) is 0 Å². The molecule has 6 atom stereocenters. The topological polar surface area (TPSA) is 152 Å². The molecule has 1 aliphatic rings. The molecule has 0 aromatic carbocycles. The van der Waals surface area contributed by atoms with E-state index in [1.54, 1.807) is 0 Å². The molecule has 0 amide bonds. The van der Waals surface area contributed by atoms with E-state index < -0.39 is 49.4 Å². The summed E-state index contributed by atoms with van der Waals surface area (Å²) in [5, 5.41) is 40.2. The van der Waals surface area contributed by atoms with Gasteiger partial charge in [-0.3, -0.25) is 9.59 Å². The quantitative estimate of drug-likeness (QED) is 0.0343. The first-order valence-electron chi connectivity index (χ1n) is 26.6. The van der Waals surface area contributed by atoms with Gasteiger partial charge >= 0.3 is 11.9 Å². The SMILES string of the molecule is CCCCCCCCCCCCCCCCCCCCCCCCCC(=O)OC(COC(=O)CCCCCCCCCCCCCCCC)COC1OC(CO)C(O)C(O)C1O. The normalized spacial score (nSPS) is 19.5. The maximum absolute atomic E-state index is 12.8. The van der Waals surface area contributed by atoms with Gasteiger partial charge in [0, 0.05) is 12.8 Å². The van der Waals surface area contributed by atoms with Crippen LogP contribution in [0, 0.1) is 0 Å². The molecule has 0 bridgehead atoms. The number of hydrogen-bond acceptors (Lipinski definition) is 10. The molecule has 1 rings (SSSR count). The van der Waals surface area contributed by atoms with Gasteiger partial charge in [-0.1, -0.05) is 239 Å². The molecule has 10 nitrogen and oxygen atoms in total. The van der Waals surface area contributed by atoms with Crippen molar-refractivity contribution in [2.24, 2.45) is 0 Å². The van der Waals surface area contributed by atoms with Crippen LogP contribution < -0.4 is 0 Å². The third-order valence-corrected chi connectivity index (χ3v) is 12.7. The Kier molecular flexibility index (Phi) is 41.3. The van der Waals surface area contributed by atoms with Crippen LogP contribution in [0.5, 0.6) is 0 Å². The minimum Gasteiger partial charge on any atom is -0.462 e. The molecule has 0 aromatic heterocycles. The van der Waals surface area contributed by atoms with E-state index in [0.29, 0.717) is 6.42 Å². The largest absolute Gasteiger partial charge is 0.462 e. The minimum atomic E-state index is -1.59. The van der Waals surface area contributed by atoms with Crippen molar-refractivity contribution in [3.8, 4) is 0 Å². The van der Waals surface area contributed by atoms with Gasteiger partial charge in [0.2, 0.25) is 0 Å². The number of aliphatic hydroxyl groups is 4. The molecule has 0 saturated carbocycles. The number of esters is 2. The lowest BCUT2D eigenvalue weighted by atomic mass is 9.99. The zero-order valence-corrected chi connectivity index (χ0v) is 40.4. The third kappa shape index (κ3) is 34.1. The van der Waals surface area contributed by atoms with Gasteiger partial charge in [-0.25, -0.2) is 0 Å². The van der Waals surface area contributed by atoms with Crippen LogP contribution in [0.4, 0.5) is 0 Å². The van der Waals surface area contributed by atoms with Crippen molar-refractivity contribution in [3.63, 3.8) is 0 Å². The summed E-state index contributed by atoms with van der Waals surface area (Å²) in [4.78, 5) is 25.4. The predicted molar refractivity (Wildman–Crippen MR) is 252 cm³/mol. The summed E-state index contributed by atoms with van der Waals surface area (Å²) in [5.74, 6) is -0.786. The summed E-state index contributed by atoms with van der Waals surface area (Å²) in [5.41, 5.74) is 0. The number of aliphatic hydroxyl groups excluding tert-OH is 4. The van der Waals surface area contributed by atoms with Gasteiger partial charge in [-0.05, 0) is 12.8 Å². The molecule has 1 aliphatic heterocycles. The van der Waals surface area contributed by atoms with Gasteiger partial charge in [0.1, 0.15) is 31.0 Å². The number of hydrogen-bond donors (Lipinski definition) is 4. The second-order valence-corrected chi connectivity index (χ2v) is 18.7. The average Bonchev–Trinajstić information content (AvgIpc) is 3.27. The highest BCUT2D eigenvalue weighted by molar-refractivity contribution is 5.70. The van der Waals surface area contributed by atoms with Crippen LogP contribution in [0.25, 0.3) is 0 Å². The molecule has 1 fully saturated rings. The molecule has 0 spiro atoms. The van der Waals surface area contributed by atoms with Crippen molar-refractivity contribution >= 4 is 11.9 Å². The third-order valence-electron chi connectivity index (χ3n) is 12.7. The lowest BCUT2D eigenvalue weighted by Gasteiger charge is -2.39. The Morgan fingerprint density at radius 2 is 0.758 bits per heavy atom. The molecular formula is C52H100O10. The highest BCUT2D eigenvalue weighted by Crippen LogP contribution is 2.23. The number of rotatable bonds is 46. The summed E-state index contributed by atoms with van der Waals surface area (Å²) in [6, 6.07) is 0. The Bertz CT molecular complexity index is 979. The standard InChI is InChI=1S/C52H100O10/c1-3-5-7-9-11-13-15-17-19-20-21-22-23-24-25-26-27-29-31-33-35-37-39-41-48(55)61-45(44-60-52-51(58)50(57)49(56)46(42-53)62-52)43-59-47(54)40-38-36-34-32-30-28-18-16-14-12-10-8-6-4-2/h45-46,49-53,56-58H,3-44H2,1-2H3. The molecule has 1 saturated heterocycles. The summed E-state index contributed by atoms with van der Waals surface area (Å²) in [6.45, 7) is 3.48. The molecule has 6 unspecified atom stereocenters. The van der Waals surface area contributed by atoms with Crippen molar-refractivity contribution in [2.45, 2.75) is 301 Å². The molecule has 0 radical (unpaired) electrons. The summed E-state index contributed by atoms with van der Waals surface area (Å²) in [7, 11) is 0. The first-order valence-corrected chi connectivity index (χ1v) is 26.6. The Morgan fingerprint density at radius 3 is 1.10 bits per heavy atom. The summed E-state index contributed by atoms with van der Waals surface area (Å²) in [6.07, 6.45) is 39.7. The zero-order chi connectivity index (χ0) is 45.1.